The first-order valence-corrected chi connectivity index (χ1v) is 12.5. The molecular weight excluding hydrogens is 591 g/mol. The SMILES string of the molecule is O=[N+]([O-])c1cccc(-c2nccc3c(Cl)nc(Cl)nc23)c1.O=c1[nH]c(=O)c2ccnc(-c3cccc([N+](=O)[O-])c3)c2[nH]1. The Labute approximate surface area is 243 Å². The van der Waals surface area contributed by atoms with Gasteiger partial charge in [0, 0.05) is 53.2 Å². The van der Waals surface area contributed by atoms with Crippen molar-refractivity contribution in [1.82, 2.24) is 29.9 Å². The summed E-state index contributed by atoms with van der Waals surface area (Å²) in [4.78, 5) is 64.8. The third kappa shape index (κ3) is 5.65. The number of rotatable bonds is 4. The highest BCUT2D eigenvalue weighted by Crippen LogP contribution is 2.31. The van der Waals surface area contributed by atoms with E-state index in [-0.39, 0.29) is 32.7 Å². The number of hydrogen-bond acceptors (Lipinski definition) is 10. The van der Waals surface area contributed by atoms with Crippen LogP contribution >= 0.6 is 23.2 Å². The van der Waals surface area contributed by atoms with Crippen molar-refractivity contribution in [2.45, 2.75) is 0 Å². The molecule has 4 aromatic heterocycles. The molecule has 0 fully saturated rings. The fraction of sp³-hybridized carbons (Fsp3) is 0. The Morgan fingerprint density at radius 1 is 0.714 bits per heavy atom. The molecule has 2 aromatic carbocycles. The van der Waals surface area contributed by atoms with Crippen molar-refractivity contribution in [3.05, 3.63) is 125 Å². The summed E-state index contributed by atoms with van der Waals surface area (Å²) in [5, 5.41) is 22.7. The van der Waals surface area contributed by atoms with E-state index in [4.69, 9.17) is 23.2 Å². The van der Waals surface area contributed by atoms with Gasteiger partial charge in [-0.1, -0.05) is 35.9 Å². The Bertz CT molecular complexity index is 2150. The van der Waals surface area contributed by atoms with Crippen molar-refractivity contribution >= 4 is 56.4 Å². The predicted molar refractivity (Wildman–Crippen MR) is 155 cm³/mol. The molecule has 0 aliphatic heterocycles. The van der Waals surface area contributed by atoms with E-state index in [1.165, 1.54) is 42.6 Å². The first kappa shape index (κ1) is 27.9. The number of hydrogen-bond donors (Lipinski definition) is 2. The van der Waals surface area contributed by atoms with Gasteiger partial charge < -0.3 is 4.98 Å². The fourth-order valence-corrected chi connectivity index (χ4v) is 4.49. The minimum Gasteiger partial charge on any atom is -0.305 e. The van der Waals surface area contributed by atoms with Crippen LogP contribution in [0, 0.1) is 20.2 Å². The van der Waals surface area contributed by atoms with Crippen LogP contribution in [0.25, 0.3) is 44.3 Å². The number of fused-ring (bicyclic) bond motifs is 2. The third-order valence-corrected chi connectivity index (χ3v) is 6.32. The van der Waals surface area contributed by atoms with Crippen LogP contribution in [0.15, 0.2) is 82.6 Å². The highest BCUT2D eigenvalue weighted by atomic mass is 35.5. The summed E-state index contributed by atoms with van der Waals surface area (Å²) in [6.45, 7) is 0. The van der Waals surface area contributed by atoms with E-state index in [2.05, 4.69) is 29.9 Å². The third-order valence-electron chi connectivity index (χ3n) is 5.86. The summed E-state index contributed by atoms with van der Waals surface area (Å²) in [5.74, 6) is 0. The van der Waals surface area contributed by atoms with Crippen molar-refractivity contribution in [2.24, 2.45) is 0 Å². The van der Waals surface area contributed by atoms with Gasteiger partial charge in [-0.15, -0.1) is 0 Å². The number of nitrogens with zero attached hydrogens (tertiary/aromatic N) is 6. The molecule has 208 valence electrons. The maximum atomic E-state index is 11.7. The molecular formula is C26H14Cl2N8O6. The predicted octanol–water partition coefficient (Wildman–Crippen LogP) is 5.09. The van der Waals surface area contributed by atoms with Crippen LogP contribution in [0.4, 0.5) is 11.4 Å². The molecule has 0 aliphatic carbocycles. The van der Waals surface area contributed by atoms with E-state index in [0.717, 1.165) is 0 Å². The second kappa shape index (κ2) is 11.5. The lowest BCUT2D eigenvalue weighted by molar-refractivity contribution is -0.385. The number of nitro benzene ring substituents is 2. The summed E-state index contributed by atoms with van der Waals surface area (Å²) < 4.78 is 0. The minimum atomic E-state index is -0.660. The van der Waals surface area contributed by atoms with E-state index >= 15 is 0 Å². The standard InChI is InChI=1S/C13H6Cl2N4O2.C13H8N4O4/c14-12-9-4-5-16-10(11(9)17-13(15)18-12)7-2-1-3-8(6-7)19(20)21;18-12-9-4-5-14-10(11(9)15-13(19)16-12)7-2-1-3-8(6-7)17(20)21/h1-6H;1-6H,(H2,15,16,18,19). The molecule has 0 aliphatic rings. The molecule has 6 aromatic rings. The average molecular weight is 605 g/mol. The molecule has 0 saturated carbocycles. The number of aromatic amines is 2. The second-order valence-corrected chi connectivity index (χ2v) is 9.14. The largest absolute Gasteiger partial charge is 0.326 e. The summed E-state index contributed by atoms with van der Waals surface area (Å²) in [6.07, 6.45) is 2.95. The molecule has 4 heterocycles. The lowest BCUT2D eigenvalue weighted by Crippen LogP contribution is -2.22. The molecule has 0 amide bonds. The van der Waals surface area contributed by atoms with E-state index in [1.807, 2.05) is 0 Å². The number of pyridine rings is 2. The number of aromatic nitrogens is 6. The van der Waals surface area contributed by atoms with Gasteiger partial charge in [-0.05, 0) is 23.7 Å². The van der Waals surface area contributed by atoms with E-state index in [1.54, 1.807) is 30.5 Å². The van der Waals surface area contributed by atoms with Crippen LogP contribution in [0.2, 0.25) is 10.4 Å². The average Bonchev–Trinajstić information content (AvgIpc) is 2.97. The van der Waals surface area contributed by atoms with Crippen LogP contribution in [0.5, 0.6) is 0 Å². The van der Waals surface area contributed by atoms with Gasteiger partial charge in [0.2, 0.25) is 5.28 Å². The Hall–Kier alpha value is -5.60. The van der Waals surface area contributed by atoms with E-state index < -0.39 is 21.1 Å². The van der Waals surface area contributed by atoms with Crippen molar-refractivity contribution in [3.8, 4) is 22.5 Å². The Morgan fingerprint density at radius 2 is 1.29 bits per heavy atom. The molecule has 0 bridgehead atoms. The Kier molecular flexibility index (Phi) is 7.64. The van der Waals surface area contributed by atoms with Crippen LogP contribution in [-0.4, -0.2) is 39.8 Å². The van der Waals surface area contributed by atoms with Gasteiger partial charge in [-0.3, -0.25) is 40.0 Å². The Morgan fingerprint density at radius 3 is 1.90 bits per heavy atom. The molecule has 0 saturated heterocycles. The van der Waals surface area contributed by atoms with Gasteiger partial charge >= 0.3 is 5.69 Å². The number of H-pyrrole nitrogens is 2. The molecule has 0 spiro atoms. The van der Waals surface area contributed by atoms with Crippen LogP contribution in [0.1, 0.15) is 0 Å². The van der Waals surface area contributed by atoms with Gasteiger partial charge in [0.05, 0.1) is 32.1 Å². The lowest BCUT2D eigenvalue weighted by Gasteiger charge is -2.06. The van der Waals surface area contributed by atoms with Gasteiger partial charge in [0.1, 0.15) is 10.7 Å². The summed E-state index contributed by atoms with van der Waals surface area (Å²) in [7, 11) is 0. The number of halogens is 2. The summed E-state index contributed by atoms with van der Waals surface area (Å²) in [5.41, 5.74) is 1.12. The van der Waals surface area contributed by atoms with Gasteiger partial charge in [-0.25, -0.2) is 14.8 Å². The molecule has 42 heavy (non-hydrogen) atoms. The van der Waals surface area contributed by atoms with E-state index in [9.17, 15) is 29.8 Å². The fourth-order valence-electron chi connectivity index (χ4n) is 4.05. The minimum absolute atomic E-state index is 0.00724. The smallest absolute Gasteiger partial charge is 0.305 e. The summed E-state index contributed by atoms with van der Waals surface area (Å²) in [6, 6.07) is 15.1. The second-order valence-electron chi connectivity index (χ2n) is 8.44. The molecule has 16 heteroatoms. The van der Waals surface area contributed by atoms with Crippen LogP contribution in [-0.2, 0) is 0 Å². The van der Waals surface area contributed by atoms with Crippen molar-refractivity contribution in [1.29, 1.82) is 0 Å². The molecule has 6 rings (SSSR count). The first-order chi connectivity index (χ1) is 20.1. The first-order valence-electron chi connectivity index (χ1n) is 11.7. The zero-order valence-electron chi connectivity index (χ0n) is 20.8. The molecule has 0 unspecified atom stereocenters. The molecule has 0 radical (unpaired) electrons. The molecule has 0 atom stereocenters. The molecule has 14 nitrogen and oxygen atoms in total. The number of nitrogens with one attached hydrogen (secondary N) is 2. The van der Waals surface area contributed by atoms with Crippen molar-refractivity contribution < 1.29 is 9.85 Å². The topological polar surface area (TPSA) is 204 Å². The van der Waals surface area contributed by atoms with Crippen molar-refractivity contribution in [2.75, 3.05) is 0 Å². The van der Waals surface area contributed by atoms with Gasteiger partial charge in [-0.2, -0.15) is 0 Å². The highest BCUT2D eigenvalue weighted by molar-refractivity contribution is 6.36. The van der Waals surface area contributed by atoms with Gasteiger partial charge in [0.25, 0.3) is 16.9 Å². The summed E-state index contributed by atoms with van der Waals surface area (Å²) >= 11 is 11.9. The molecule has 2 N–H and O–H groups in total. The zero-order chi connectivity index (χ0) is 30.0. The van der Waals surface area contributed by atoms with Crippen LogP contribution < -0.4 is 11.2 Å². The quantitative estimate of drug-likeness (QED) is 0.118. The lowest BCUT2D eigenvalue weighted by atomic mass is 10.1. The Balaban J connectivity index is 0.000000168. The maximum absolute atomic E-state index is 11.7. The highest BCUT2D eigenvalue weighted by Gasteiger charge is 2.15. The van der Waals surface area contributed by atoms with E-state index in [0.29, 0.717) is 33.4 Å². The monoisotopic (exact) mass is 604 g/mol. The zero-order valence-corrected chi connectivity index (χ0v) is 22.3. The number of benzene rings is 2. The van der Waals surface area contributed by atoms with Gasteiger partial charge in [0.15, 0.2) is 0 Å². The number of nitro groups is 2. The normalized spacial score (nSPS) is 10.7. The maximum Gasteiger partial charge on any atom is 0.326 e. The van der Waals surface area contributed by atoms with Crippen molar-refractivity contribution in [3.63, 3.8) is 0 Å². The number of non-ortho nitro benzene ring substituents is 2. The van der Waals surface area contributed by atoms with Crippen LogP contribution in [0.3, 0.4) is 0 Å².